The van der Waals surface area contributed by atoms with E-state index in [1.54, 1.807) is 0 Å². The topological polar surface area (TPSA) is 46.5 Å². The lowest BCUT2D eigenvalue weighted by molar-refractivity contribution is -0.153. The van der Waals surface area contributed by atoms with Gasteiger partial charge in [-0.3, -0.25) is 0 Å². The molecule has 0 aromatic rings. The Labute approximate surface area is 91.8 Å². The Morgan fingerprint density at radius 2 is 2.13 bits per heavy atom. The Bertz CT molecular complexity index is 203. The van der Waals surface area contributed by atoms with Crippen molar-refractivity contribution in [3.63, 3.8) is 0 Å². The lowest BCUT2D eigenvalue weighted by Crippen LogP contribution is -2.30. The van der Waals surface area contributed by atoms with Crippen molar-refractivity contribution in [2.24, 2.45) is 11.8 Å². The van der Waals surface area contributed by atoms with Gasteiger partial charge in [0.2, 0.25) is 0 Å². The summed E-state index contributed by atoms with van der Waals surface area (Å²) < 4.78 is 4.57. The highest BCUT2D eigenvalue weighted by Crippen LogP contribution is 2.31. The third-order valence-corrected chi connectivity index (χ3v) is 3.60. The highest BCUT2D eigenvalue weighted by atomic mass is 16.5. The van der Waals surface area contributed by atoms with Gasteiger partial charge < -0.3 is 9.84 Å². The number of carbonyl (C=O) groups is 1. The van der Waals surface area contributed by atoms with Crippen LogP contribution in [0.3, 0.4) is 0 Å². The van der Waals surface area contributed by atoms with E-state index in [0.29, 0.717) is 0 Å². The van der Waals surface area contributed by atoms with Crippen LogP contribution in [0.15, 0.2) is 0 Å². The summed E-state index contributed by atoms with van der Waals surface area (Å²) in [6, 6.07) is 0. The number of ether oxygens (including phenoxy) is 1. The average Bonchev–Trinajstić information content (AvgIpc) is 2.51. The predicted octanol–water partition coefficient (Wildman–Crippen LogP) is 2.13. The SMILES string of the molecule is CCC1CCCC(C(O)C(=O)OC)CC1. The molecule has 0 aromatic carbocycles. The van der Waals surface area contributed by atoms with Gasteiger partial charge in [-0.25, -0.2) is 4.79 Å². The molecular weight excluding hydrogens is 192 g/mol. The van der Waals surface area contributed by atoms with Gasteiger partial charge in [-0.1, -0.05) is 32.6 Å². The van der Waals surface area contributed by atoms with Crippen molar-refractivity contribution in [3.8, 4) is 0 Å². The minimum Gasteiger partial charge on any atom is -0.467 e. The van der Waals surface area contributed by atoms with Crippen LogP contribution in [0.5, 0.6) is 0 Å². The molecule has 3 heteroatoms. The summed E-state index contributed by atoms with van der Waals surface area (Å²) in [7, 11) is 1.33. The van der Waals surface area contributed by atoms with E-state index in [0.717, 1.165) is 31.6 Å². The summed E-state index contributed by atoms with van der Waals surface area (Å²) in [6.07, 6.45) is 5.70. The van der Waals surface area contributed by atoms with E-state index in [1.165, 1.54) is 20.0 Å². The molecule has 3 unspecified atom stereocenters. The van der Waals surface area contributed by atoms with Crippen LogP contribution in [0.1, 0.15) is 45.4 Å². The fourth-order valence-electron chi connectivity index (χ4n) is 2.44. The van der Waals surface area contributed by atoms with Crippen molar-refractivity contribution < 1.29 is 14.6 Å². The summed E-state index contributed by atoms with van der Waals surface area (Å²) in [5, 5.41) is 9.75. The normalized spacial score (nSPS) is 29.3. The number of rotatable bonds is 3. The van der Waals surface area contributed by atoms with Crippen LogP contribution in [0.4, 0.5) is 0 Å². The number of aliphatic hydroxyl groups excluding tert-OH is 1. The van der Waals surface area contributed by atoms with E-state index in [4.69, 9.17) is 0 Å². The molecule has 0 heterocycles. The van der Waals surface area contributed by atoms with Crippen molar-refractivity contribution in [2.75, 3.05) is 7.11 Å². The first-order valence-electron chi connectivity index (χ1n) is 5.95. The molecular formula is C12H22O3. The Morgan fingerprint density at radius 3 is 2.73 bits per heavy atom. The molecule has 88 valence electrons. The lowest BCUT2D eigenvalue weighted by Gasteiger charge is -2.18. The van der Waals surface area contributed by atoms with Crippen LogP contribution in [-0.4, -0.2) is 24.3 Å². The Balaban J connectivity index is 2.46. The van der Waals surface area contributed by atoms with E-state index in [1.807, 2.05) is 0 Å². The standard InChI is InChI=1S/C12H22O3/c1-3-9-5-4-6-10(8-7-9)11(13)12(14)15-2/h9-11,13H,3-8H2,1-2H3. The van der Waals surface area contributed by atoms with Crippen molar-refractivity contribution in [1.82, 2.24) is 0 Å². The van der Waals surface area contributed by atoms with Crippen LogP contribution in [0.2, 0.25) is 0 Å². The van der Waals surface area contributed by atoms with Crippen LogP contribution >= 0.6 is 0 Å². The second-order valence-corrected chi connectivity index (χ2v) is 4.51. The number of esters is 1. The third-order valence-electron chi connectivity index (χ3n) is 3.60. The molecule has 0 bridgehead atoms. The van der Waals surface area contributed by atoms with Gasteiger partial charge in [0.05, 0.1) is 7.11 Å². The third kappa shape index (κ3) is 3.49. The number of methoxy groups -OCH3 is 1. The van der Waals surface area contributed by atoms with Crippen molar-refractivity contribution in [3.05, 3.63) is 0 Å². The molecule has 0 spiro atoms. The molecule has 0 saturated heterocycles. The molecule has 0 aromatic heterocycles. The fraction of sp³-hybridized carbons (Fsp3) is 0.917. The van der Waals surface area contributed by atoms with E-state index in [-0.39, 0.29) is 5.92 Å². The van der Waals surface area contributed by atoms with Gasteiger partial charge in [-0.15, -0.1) is 0 Å². The Hall–Kier alpha value is -0.570. The Kier molecular flexibility index (Phi) is 5.09. The minimum atomic E-state index is -0.911. The molecule has 15 heavy (non-hydrogen) atoms. The summed E-state index contributed by atoms with van der Waals surface area (Å²) in [5.74, 6) is 0.406. The van der Waals surface area contributed by atoms with Gasteiger partial charge in [0.15, 0.2) is 6.10 Å². The second kappa shape index (κ2) is 6.11. The average molecular weight is 214 g/mol. The van der Waals surface area contributed by atoms with E-state index >= 15 is 0 Å². The highest BCUT2D eigenvalue weighted by Gasteiger charge is 2.28. The summed E-state index contributed by atoms with van der Waals surface area (Å²) in [4.78, 5) is 11.2. The van der Waals surface area contributed by atoms with Gasteiger partial charge in [0.25, 0.3) is 0 Å². The van der Waals surface area contributed by atoms with Crippen LogP contribution in [0, 0.1) is 11.8 Å². The molecule has 0 radical (unpaired) electrons. The number of aliphatic hydroxyl groups is 1. The van der Waals surface area contributed by atoms with Crippen molar-refractivity contribution >= 4 is 5.97 Å². The van der Waals surface area contributed by atoms with Gasteiger partial charge in [0, 0.05) is 0 Å². The molecule has 0 aliphatic heterocycles. The zero-order valence-electron chi connectivity index (χ0n) is 9.74. The minimum absolute atomic E-state index is 0.106. The molecule has 1 aliphatic rings. The summed E-state index contributed by atoms with van der Waals surface area (Å²) >= 11 is 0. The molecule has 1 rings (SSSR count). The maximum Gasteiger partial charge on any atom is 0.334 e. The molecule has 3 nitrogen and oxygen atoms in total. The van der Waals surface area contributed by atoms with Gasteiger partial charge in [0.1, 0.15) is 0 Å². The monoisotopic (exact) mass is 214 g/mol. The van der Waals surface area contributed by atoms with Crippen molar-refractivity contribution in [1.29, 1.82) is 0 Å². The predicted molar refractivity (Wildman–Crippen MR) is 58.4 cm³/mol. The molecule has 1 aliphatic carbocycles. The number of carbonyl (C=O) groups excluding carboxylic acids is 1. The second-order valence-electron chi connectivity index (χ2n) is 4.51. The van der Waals surface area contributed by atoms with Gasteiger partial charge in [-0.05, 0) is 24.7 Å². The first-order valence-corrected chi connectivity index (χ1v) is 5.95. The largest absolute Gasteiger partial charge is 0.467 e. The fourth-order valence-corrected chi connectivity index (χ4v) is 2.44. The molecule has 1 saturated carbocycles. The first-order chi connectivity index (χ1) is 7.19. The quantitative estimate of drug-likeness (QED) is 0.578. The number of hydrogen-bond acceptors (Lipinski definition) is 3. The smallest absolute Gasteiger partial charge is 0.334 e. The molecule has 0 amide bonds. The summed E-state index contributed by atoms with van der Waals surface area (Å²) in [6.45, 7) is 2.21. The van der Waals surface area contributed by atoms with E-state index in [2.05, 4.69) is 11.7 Å². The van der Waals surface area contributed by atoms with Crippen LogP contribution in [-0.2, 0) is 9.53 Å². The zero-order valence-corrected chi connectivity index (χ0v) is 9.74. The van der Waals surface area contributed by atoms with Crippen LogP contribution < -0.4 is 0 Å². The highest BCUT2D eigenvalue weighted by molar-refractivity contribution is 5.74. The molecule has 1 fully saturated rings. The summed E-state index contributed by atoms with van der Waals surface area (Å²) in [5.41, 5.74) is 0. The molecule has 3 atom stereocenters. The lowest BCUT2D eigenvalue weighted by atomic mass is 9.92. The zero-order chi connectivity index (χ0) is 11.3. The van der Waals surface area contributed by atoms with Crippen LogP contribution in [0.25, 0.3) is 0 Å². The van der Waals surface area contributed by atoms with Gasteiger partial charge >= 0.3 is 5.97 Å². The van der Waals surface area contributed by atoms with Crippen molar-refractivity contribution in [2.45, 2.75) is 51.6 Å². The van der Waals surface area contributed by atoms with Gasteiger partial charge in [-0.2, -0.15) is 0 Å². The maximum absolute atomic E-state index is 11.2. The number of hydrogen-bond donors (Lipinski definition) is 1. The first kappa shape index (κ1) is 12.5. The molecule has 1 N–H and O–H groups in total. The maximum atomic E-state index is 11.2. The van der Waals surface area contributed by atoms with E-state index < -0.39 is 12.1 Å². The Morgan fingerprint density at radius 1 is 1.40 bits per heavy atom. The van der Waals surface area contributed by atoms with E-state index in [9.17, 15) is 9.90 Å².